The summed E-state index contributed by atoms with van der Waals surface area (Å²) < 4.78 is 12.8. The van der Waals surface area contributed by atoms with Crippen LogP contribution in [0, 0.1) is 0 Å². The number of ether oxygens (including phenoxy) is 2. The number of nitrogens with zero attached hydrogens (tertiary/aromatic N) is 2. The number of nitrogens with one attached hydrogen (secondary N) is 1. The highest BCUT2D eigenvalue weighted by molar-refractivity contribution is 6.02. The van der Waals surface area contributed by atoms with Crippen LogP contribution in [0.4, 0.5) is 0 Å². The van der Waals surface area contributed by atoms with E-state index in [1.165, 1.54) is 0 Å². The second-order valence-corrected chi connectivity index (χ2v) is 8.60. The van der Waals surface area contributed by atoms with Gasteiger partial charge in [-0.3, -0.25) is 9.59 Å². The van der Waals surface area contributed by atoms with Crippen LogP contribution >= 0.6 is 0 Å². The van der Waals surface area contributed by atoms with Crippen molar-refractivity contribution < 1.29 is 19.1 Å². The van der Waals surface area contributed by atoms with Crippen molar-refractivity contribution in [2.75, 3.05) is 13.3 Å². The number of aryl methyl sites for hydroxylation is 1. The Morgan fingerprint density at radius 3 is 2.71 bits per heavy atom. The molecule has 1 atom stereocenters. The Labute approximate surface area is 196 Å². The quantitative estimate of drug-likeness (QED) is 0.499. The van der Waals surface area contributed by atoms with E-state index in [0.717, 1.165) is 27.6 Å². The smallest absolute Gasteiger partial charge is 0.255 e. The Morgan fingerprint density at radius 2 is 1.79 bits per heavy atom. The molecule has 0 spiro atoms. The van der Waals surface area contributed by atoms with Gasteiger partial charge in [-0.1, -0.05) is 42.5 Å². The van der Waals surface area contributed by atoms with E-state index in [0.29, 0.717) is 23.6 Å². The van der Waals surface area contributed by atoms with Crippen LogP contribution in [-0.4, -0.2) is 34.6 Å². The van der Waals surface area contributed by atoms with E-state index in [1.54, 1.807) is 4.90 Å². The SMILES string of the molecule is Cn1cc(C2c3ccccc3C(=O)N2CC(=O)NCc2ccc3c(c2)OCO3)c2ccccc21. The lowest BCUT2D eigenvalue weighted by Crippen LogP contribution is -2.39. The fourth-order valence-electron chi connectivity index (χ4n) is 4.92. The van der Waals surface area contributed by atoms with Crippen LogP contribution in [0.15, 0.2) is 72.9 Å². The topological polar surface area (TPSA) is 72.8 Å². The van der Waals surface area contributed by atoms with Crippen LogP contribution in [0.3, 0.4) is 0 Å². The molecule has 0 bridgehead atoms. The molecule has 170 valence electrons. The van der Waals surface area contributed by atoms with Gasteiger partial charge in [0.25, 0.3) is 5.91 Å². The van der Waals surface area contributed by atoms with Crippen molar-refractivity contribution in [1.29, 1.82) is 0 Å². The Kier molecular flexibility index (Phi) is 4.76. The van der Waals surface area contributed by atoms with Crippen LogP contribution in [0.5, 0.6) is 11.5 Å². The van der Waals surface area contributed by atoms with Crippen molar-refractivity contribution in [2.45, 2.75) is 12.6 Å². The molecule has 0 fully saturated rings. The normalized spacial score (nSPS) is 16.2. The maximum Gasteiger partial charge on any atom is 0.255 e. The maximum absolute atomic E-state index is 13.4. The zero-order valence-corrected chi connectivity index (χ0v) is 18.7. The Hall–Kier alpha value is -4.26. The fraction of sp³-hybridized carbons (Fsp3) is 0.185. The molecule has 34 heavy (non-hydrogen) atoms. The van der Waals surface area contributed by atoms with Gasteiger partial charge in [0.15, 0.2) is 11.5 Å². The average Bonchev–Trinajstić information content (AvgIpc) is 3.53. The van der Waals surface area contributed by atoms with E-state index >= 15 is 0 Å². The van der Waals surface area contributed by atoms with Crippen LogP contribution in [-0.2, 0) is 18.4 Å². The number of aromatic nitrogens is 1. The number of hydrogen-bond donors (Lipinski definition) is 1. The van der Waals surface area contributed by atoms with Gasteiger partial charge in [0, 0.05) is 41.8 Å². The van der Waals surface area contributed by atoms with Crippen molar-refractivity contribution in [3.63, 3.8) is 0 Å². The summed E-state index contributed by atoms with van der Waals surface area (Å²) in [5.74, 6) is 1.03. The monoisotopic (exact) mass is 453 g/mol. The van der Waals surface area contributed by atoms with Gasteiger partial charge in [-0.05, 0) is 35.4 Å². The number of rotatable bonds is 5. The van der Waals surface area contributed by atoms with Gasteiger partial charge in [-0.2, -0.15) is 0 Å². The number of benzene rings is 3. The third-order valence-electron chi connectivity index (χ3n) is 6.52. The molecule has 7 heteroatoms. The van der Waals surface area contributed by atoms with E-state index in [-0.39, 0.29) is 31.2 Å². The van der Waals surface area contributed by atoms with E-state index < -0.39 is 0 Å². The molecule has 7 nitrogen and oxygen atoms in total. The third-order valence-corrected chi connectivity index (χ3v) is 6.52. The second-order valence-electron chi connectivity index (χ2n) is 8.60. The lowest BCUT2D eigenvalue weighted by atomic mass is 9.97. The first kappa shape index (κ1) is 20.4. The largest absolute Gasteiger partial charge is 0.454 e. The first-order valence-electron chi connectivity index (χ1n) is 11.2. The summed E-state index contributed by atoms with van der Waals surface area (Å²) in [6.07, 6.45) is 2.06. The molecule has 1 aromatic heterocycles. The minimum absolute atomic E-state index is 0.0358. The minimum atomic E-state index is -0.328. The Balaban J connectivity index is 1.28. The average molecular weight is 453 g/mol. The van der Waals surface area contributed by atoms with Crippen LogP contribution < -0.4 is 14.8 Å². The molecule has 3 heterocycles. The summed E-state index contributed by atoms with van der Waals surface area (Å²) in [7, 11) is 2.00. The first-order valence-corrected chi connectivity index (χ1v) is 11.2. The Bertz CT molecular complexity index is 1440. The highest BCUT2D eigenvalue weighted by atomic mass is 16.7. The lowest BCUT2D eigenvalue weighted by molar-refractivity contribution is -0.122. The molecule has 2 aliphatic rings. The van der Waals surface area contributed by atoms with Crippen molar-refractivity contribution >= 4 is 22.7 Å². The number of hydrogen-bond acceptors (Lipinski definition) is 4. The molecule has 3 aromatic carbocycles. The molecular formula is C27H23N3O4. The summed E-state index contributed by atoms with van der Waals surface area (Å²) in [6.45, 7) is 0.508. The molecule has 0 saturated heterocycles. The number of carbonyl (C=O) groups is 2. The number of fused-ring (bicyclic) bond motifs is 3. The zero-order valence-electron chi connectivity index (χ0n) is 18.7. The fourth-order valence-corrected chi connectivity index (χ4v) is 4.92. The van der Waals surface area contributed by atoms with Crippen molar-refractivity contribution in [1.82, 2.24) is 14.8 Å². The van der Waals surface area contributed by atoms with E-state index in [4.69, 9.17) is 9.47 Å². The standard InChI is InChI=1S/C27H23N3O4/c1-29-14-21(18-6-4-5-9-22(18)29)26-19-7-2-3-8-20(19)27(32)30(26)15-25(31)28-13-17-10-11-23-24(12-17)34-16-33-23/h2-12,14,26H,13,15-16H2,1H3,(H,28,31). The molecule has 1 unspecified atom stereocenters. The van der Waals surface area contributed by atoms with Crippen LogP contribution in [0.1, 0.15) is 33.1 Å². The van der Waals surface area contributed by atoms with Gasteiger partial charge >= 0.3 is 0 Å². The molecule has 1 N–H and O–H groups in total. The third kappa shape index (κ3) is 3.28. The molecule has 2 amide bonds. The Morgan fingerprint density at radius 1 is 1.00 bits per heavy atom. The summed E-state index contributed by atoms with van der Waals surface area (Å²) >= 11 is 0. The van der Waals surface area contributed by atoms with E-state index in [2.05, 4.69) is 28.2 Å². The summed E-state index contributed by atoms with van der Waals surface area (Å²) in [4.78, 5) is 28.0. The predicted molar refractivity (Wildman–Crippen MR) is 127 cm³/mol. The molecule has 0 radical (unpaired) electrons. The van der Waals surface area contributed by atoms with Crippen molar-refractivity contribution in [3.05, 3.63) is 95.2 Å². The summed E-state index contributed by atoms with van der Waals surface area (Å²) in [5.41, 5.74) is 4.57. The van der Waals surface area contributed by atoms with Gasteiger partial charge in [-0.25, -0.2) is 0 Å². The molecular weight excluding hydrogens is 430 g/mol. The predicted octanol–water partition coefficient (Wildman–Crippen LogP) is 3.77. The first-order chi connectivity index (χ1) is 16.6. The van der Waals surface area contributed by atoms with Gasteiger partial charge in [-0.15, -0.1) is 0 Å². The lowest BCUT2D eigenvalue weighted by Gasteiger charge is -2.25. The number of carbonyl (C=O) groups excluding carboxylic acids is 2. The highest BCUT2D eigenvalue weighted by Gasteiger charge is 2.39. The number of para-hydroxylation sites is 1. The molecule has 0 saturated carbocycles. The minimum Gasteiger partial charge on any atom is -0.454 e. The summed E-state index contributed by atoms with van der Waals surface area (Å²) in [5, 5.41) is 4.02. The molecule has 4 aromatic rings. The van der Waals surface area contributed by atoms with Gasteiger partial charge in [0.05, 0.1) is 6.04 Å². The maximum atomic E-state index is 13.4. The van der Waals surface area contributed by atoms with Crippen LogP contribution in [0.2, 0.25) is 0 Å². The highest BCUT2D eigenvalue weighted by Crippen LogP contribution is 2.41. The van der Waals surface area contributed by atoms with Gasteiger partial charge in [0.2, 0.25) is 12.7 Å². The molecule has 0 aliphatic carbocycles. The van der Waals surface area contributed by atoms with Crippen LogP contribution in [0.25, 0.3) is 10.9 Å². The molecule has 2 aliphatic heterocycles. The van der Waals surface area contributed by atoms with E-state index in [9.17, 15) is 9.59 Å². The molecule has 6 rings (SSSR count). The van der Waals surface area contributed by atoms with E-state index in [1.807, 2.05) is 61.6 Å². The van der Waals surface area contributed by atoms with Gasteiger partial charge < -0.3 is 24.3 Å². The van der Waals surface area contributed by atoms with Gasteiger partial charge in [0.1, 0.15) is 6.54 Å². The number of amides is 2. The second kappa shape index (κ2) is 7.95. The van der Waals surface area contributed by atoms with Crippen molar-refractivity contribution in [2.24, 2.45) is 7.05 Å². The summed E-state index contributed by atoms with van der Waals surface area (Å²) in [6, 6.07) is 21.0. The van der Waals surface area contributed by atoms with Crippen molar-refractivity contribution in [3.8, 4) is 11.5 Å². The zero-order chi connectivity index (χ0) is 23.2.